The zero-order valence-electron chi connectivity index (χ0n) is 12.8. The number of hydrogen-bond acceptors (Lipinski definition) is 3. The van der Waals surface area contributed by atoms with Crippen LogP contribution in [0.25, 0.3) is 0 Å². The molecule has 0 radical (unpaired) electrons. The van der Waals surface area contributed by atoms with Crippen LogP contribution in [0.4, 0.5) is 0 Å². The van der Waals surface area contributed by atoms with E-state index in [0.29, 0.717) is 6.42 Å². The molecule has 0 saturated heterocycles. The lowest BCUT2D eigenvalue weighted by atomic mass is 9.91. The lowest BCUT2D eigenvalue weighted by Gasteiger charge is -2.24. The molecule has 0 saturated carbocycles. The summed E-state index contributed by atoms with van der Waals surface area (Å²) in [7, 11) is 0. The summed E-state index contributed by atoms with van der Waals surface area (Å²) in [5, 5.41) is 9.29. The summed E-state index contributed by atoms with van der Waals surface area (Å²) in [6.45, 7) is 11.0. The third-order valence-corrected chi connectivity index (χ3v) is 2.40. The Morgan fingerprint density at radius 2 is 1.79 bits per heavy atom. The van der Waals surface area contributed by atoms with Gasteiger partial charge in [-0.3, -0.25) is 4.79 Å². The molecule has 0 aromatic heterocycles. The van der Waals surface area contributed by atoms with Crippen molar-refractivity contribution in [2.24, 2.45) is 11.8 Å². The lowest BCUT2D eigenvalue weighted by Crippen LogP contribution is -2.31. The molecule has 1 N–H and O–H groups in total. The number of hydrogen-bond donors (Lipinski definition) is 1. The van der Waals surface area contributed by atoms with E-state index in [2.05, 4.69) is 0 Å². The maximum Gasteiger partial charge on any atom is 0.332 e. The molecule has 1 atom stereocenters. The smallest absolute Gasteiger partial charge is 0.332 e. The maximum absolute atomic E-state index is 12.1. The van der Waals surface area contributed by atoms with Crippen LogP contribution >= 0.6 is 0 Å². The van der Waals surface area contributed by atoms with Gasteiger partial charge in [-0.05, 0) is 33.1 Å². The first-order valence-corrected chi connectivity index (χ1v) is 6.76. The van der Waals surface area contributed by atoms with Crippen LogP contribution in [0.5, 0.6) is 0 Å². The number of rotatable bonds is 6. The van der Waals surface area contributed by atoms with Gasteiger partial charge in [0.25, 0.3) is 0 Å². The van der Waals surface area contributed by atoms with Crippen LogP contribution in [0.3, 0.4) is 0 Å². The van der Waals surface area contributed by atoms with Gasteiger partial charge in [0.1, 0.15) is 5.60 Å². The second-order valence-corrected chi connectivity index (χ2v) is 6.05. The normalized spacial score (nSPS) is 14.4. The molecule has 19 heavy (non-hydrogen) atoms. The Labute approximate surface area is 115 Å². The van der Waals surface area contributed by atoms with E-state index in [0.717, 1.165) is 6.42 Å². The molecule has 4 heteroatoms. The fourth-order valence-electron chi connectivity index (χ4n) is 1.76. The van der Waals surface area contributed by atoms with E-state index in [1.54, 1.807) is 26.8 Å². The van der Waals surface area contributed by atoms with E-state index in [1.807, 2.05) is 20.8 Å². The largest absolute Gasteiger partial charge is 0.478 e. The monoisotopic (exact) mass is 270 g/mol. The van der Waals surface area contributed by atoms with Crippen LogP contribution in [0.15, 0.2) is 11.6 Å². The van der Waals surface area contributed by atoms with Crippen molar-refractivity contribution in [2.45, 2.75) is 60.0 Å². The van der Waals surface area contributed by atoms with Crippen molar-refractivity contribution < 1.29 is 19.4 Å². The fourth-order valence-corrected chi connectivity index (χ4v) is 1.76. The highest BCUT2D eigenvalue weighted by Gasteiger charge is 2.31. The maximum atomic E-state index is 12.1. The zero-order chi connectivity index (χ0) is 15.2. The fraction of sp³-hybridized carbons (Fsp3) is 0.733. The number of carboxylic acids is 1. The highest BCUT2D eigenvalue weighted by Crippen LogP contribution is 2.23. The first kappa shape index (κ1) is 17.7. The summed E-state index contributed by atoms with van der Waals surface area (Å²) in [4.78, 5) is 23.5. The Morgan fingerprint density at radius 1 is 1.26 bits per heavy atom. The minimum absolute atomic E-state index is 0.0768. The van der Waals surface area contributed by atoms with Gasteiger partial charge in [-0.25, -0.2) is 4.79 Å². The summed E-state index contributed by atoms with van der Waals surface area (Å²) < 4.78 is 5.32. The van der Waals surface area contributed by atoms with Gasteiger partial charge < -0.3 is 9.84 Å². The summed E-state index contributed by atoms with van der Waals surface area (Å²) >= 11 is 0. The second-order valence-electron chi connectivity index (χ2n) is 6.05. The minimum atomic E-state index is -1.04. The number of aliphatic carboxylic acids is 1. The molecule has 1 unspecified atom stereocenters. The zero-order valence-corrected chi connectivity index (χ0v) is 12.8. The van der Waals surface area contributed by atoms with E-state index >= 15 is 0 Å². The van der Waals surface area contributed by atoms with Gasteiger partial charge in [-0.15, -0.1) is 0 Å². The highest BCUT2D eigenvalue weighted by atomic mass is 16.6. The minimum Gasteiger partial charge on any atom is -0.478 e. The SMILES string of the molecule is CCCC(C(=O)OC(C)(C)C)/C(=C\C(C)C)C(=O)O. The quantitative estimate of drug-likeness (QED) is 0.593. The highest BCUT2D eigenvalue weighted by molar-refractivity contribution is 5.94. The van der Waals surface area contributed by atoms with E-state index in [1.165, 1.54) is 0 Å². The molecule has 0 aliphatic rings. The number of carboxylic acid groups (broad SMARTS) is 1. The van der Waals surface area contributed by atoms with Gasteiger partial charge in [0, 0.05) is 5.57 Å². The molecule has 110 valence electrons. The molecule has 4 nitrogen and oxygen atoms in total. The second kappa shape index (κ2) is 7.31. The molecule has 0 heterocycles. The molecule has 0 amide bonds. The van der Waals surface area contributed by atoms with Crippen molar-refractivity contribution >= 4 is 11.9 Å². The molecule has 0 fully saturated rings. The molecule has 0 aromatic rings. The molecule has 0 aromatic carbocycles. The topological polar surface area (TPSA) is 63.6 Å². The van der Waals surface area contributed by atoms with E-state index in [9.17, 15) is 14.7 Å². The first-order chi connectivity index (χ1) is 8.58. The van der Waals surface area contributed by atoms with E-state index < -0.39 is 23.5 Å². The Bertz CT molecular complexity index is 348. The van der Waals surface area contributed by atoms with Crippen molar-refractivity contribution in [3.8, 4) is 0 Å². The number of allylic oxidation sites excluding steroid dienone is 1. The third-order valence-electron chi connectivity index (χ3n) is 2.40. The van der Waals surface area contributed by atoms with Gasteiger partial charge >= 0.3 is 11.9 Å². The molecule has 0 aliphatic carbocycles. The van der Waals surface area contributed by atoms with Gasteiger partial charge in [0.15, 0.2) is 0 Å². The summed E-state index contributed by atoms with van der Waals surface area (Å²) in [6, 6.07) is 0. The summed E-state index contributed by atoms with van der Waals surface area (Å²) in [6.07, 6.45) is 2.85. The van der Waals surface area contributed by atoms with Gasteiger partial charge in [-0.2, -0.15) is 0 Å². The van der Waals surface area contributed by atoms with Crippen molar-refractivity contribution in [3.63, 3.8) is 0 Å². The molecule has 0 aliphatic heterocycles. The number of carbonyl (C=O) groups excluding carboxylic acids is 1. The Balaban J connectivity index is 5.26. The van der Waals surface area contributed by atoms with Gasteiger partial charge in [0.2, 0.25) is 0 Å². The van der Waals surface area contributed by atoms with Crippen LogP contribution < -0.4 is 0 Å². The number of ether oxygens (including phenoxy) is 1. The van der Waals surface area contributed by atoms with Crippen LogP contribution in [0.2, 0.25) is 0 Å². The number of esters is 1. The Kier molecular flexibility index (Phi) is 6.81. The van der Waals surface area contributed by atoms with Crippen LogP contribution in [-0.4, -0.2) is 22.6 Å². The molecule has 0 rings (SSSR count). The van der Waals surface area contributed by atoms with Crippen molar-refractivity contribution in [1.82, 2.24) is 0 Å². The van der Waals surface area contributed by atoms with Gasteiger partial charge in [0.05, 0.1) is 5.92 Å². The first-order valence-electron chi connectivity index (χ1n) is 6.76. The predicted octanol–water partition coefficient (Wildman–Crippen LogP) is 3.41. The van der Waals surface area contributed by atoms with Gasteiger partial charge in [-0.1, -0.05) is 33.3 Å². The number of carbonyl (C=O) groups is 2. The summed E-state index contributed by atoms with van der Waals surface area (Å²) in [5.41, 5.74) is -0.462. The summed E-state index contributed by atoms with van der Waals surface area (Å²) in [5.74, 6) is -2.11. The average molecular weight is 270 g/mol. The van der Waals surface area contributed by atoms with Crippen molar-refractivity contribution in [1.29, 1.82) is 0 Å². The lowest BCUT2D eigenvalue weighted by molar-refractivity contribution is -0.160. The predicted molar refractivity (Wildman–Crippen MR) is 74.8 cm³/mol. The van der Waals surface area contributed by atoms with Crippen molar-refractivity contribution in [2.75, 3.05) is 0 Å². The standard InChI is InChI=1S/C15H26O4/c1-7-8-11(14(18)19-15(4,5)6)12(13(16)17)9-10(2)3/h9-11H,7-8H2,1-6H3,(H,16,17)/b12-9+. The van der Waals surface area contributed by atoms with Crippen LogP contribution in [-0.2, 0) is 14.3 Å². The molecule has 0 bridgehead atoms. The van der Waals surface area contributed by atoms with E-state index in [4.69, 9.17) is 4.74 Å². The molecular weight excluding hydrogens is 244 g/mol. The van der Waals surface area contributed by atoms with Crippen LogP contribution in [0.1, 0.15) is 54.4 Å². The molecular formula is C15H26O4. The van der Waals surface area contributed by atoms with Crippen LogP contribution in [0, 0.1) is 11.8 Å². The van der Waals surface area contributed by atoms with E-state index in [-0.39, 0.29) is 11.5 Å². The third kappa shape index (κ3) is 6.99. The molecule has 0 spiro atoms. The Morgan fingerprint density at radius 3 is 2.11 bits per heavy atom. The Hall–Kier alpha value is -1.32. The van der Waals surface area contributed by atoms with Crippen molar-refractivity contribution in [3.05, 3.63) is 11.6 Å². The average Bonchev–Trinajstić information content (AvgIpc) is 2.19.